The fourth-order valence-electron chi connectivity index (χ4n) is 2.71. The lowest BCUT2D eigenvalue weighted by Crippen LogP contribution is -2.23. The van der Waals surface area contributed by atoms with Crippen LogP contribution in [0.2, 0.25) is 0 Å². The van der Waals surface area contributed by atoms with Gasteiger partial charge in [0.25, 0.3) is 0 Å². The van der Waals surface area contributed by atoms with Gasteiger partial charge in [-0.15, -0.1) is 11.3 Å². The van der Waals surface area contributed by atoms with E-state index in [-0.39, 0.29) is 5.82 Å². The number of halogens is 1. The molecule has 1 aromatic carbocycles. The van der Waals surface area contributed by atoms with E-state index in [1.165, 1.54) is 49.0 Å². The van der Waals surface area contributed by atoms with Gasteiger partial charge in [0.15, 0.2) is 0 Å². The average Bonchev–Trinajstić information content (AvgIpc) is 2.60. The summed E-state index contributed by atoms with van der Waals surface area (Å²) in [5, 5.41) is 3.29. The van der Waals surface area contributed by atoms with E-state index in [1.807, 2.05) is 6.07 Å². The van der Waals surface area contributed by atoms with Crippen molar-refractivity contribution in [2.24, 2.45) is 0 Å². The van der Waals surface area contributed by atoms with Crippen molar-refractivity contribution in [3.05, 3.63) is 35.0 Å². The van der Waals surface area contributed by atoms with E-state index in [1.54, 1.807) is 23.5 Å². The SMILES string of the molecule is Fc1ccc2scc(CN3CCCCCC3)c2c1. The van der Waals surface area contributed by atoms with Gasteiger partial charge in [-0.3, -0.25) is 4.90 Å². The summed E-state index contributed by atoms with van der Waals surface area (Å²) in [4.78, 5) is 2.51. The summed E-state index contributed by atoms with van der Waals surface area (Å²) in [5.41, 5.74) is 1.29. The van der Waals surface area contributed by atoms with E-state index >= 15 is 0 Å². The zero-order valence-electron chi connectivity index (χ0n) is 10.5. The highest BCUT2D eigenvalue weighted by Gasteiger charge is 2.12. The van der Waals surface area contributed by atoms with Crippen LogP contribution in [-0.4, -0.2) is 18.0 Å². The summed E-state index contributed by atoms with van der Waals surface area (Å²) in [6.45, 7) is 3.35. The average molecular weight is 263 g/mol. The third-order valence-electron chi connectivity index (χ3n) is 3.71. The van der Waals surface area contributed by atoms with Crippen molar-refractivity contribution < 1.29 is 4.39 Å². The molecule has 1 aliphatic heterocycles. The molecule has 0 radical (unpaired) electrons. The third kappa shape index (κ3) is 2.57. The maximum Gasteiger partial charge on any atom is 0.123 e. The second kappa shape index (κ2) is 5.37. The van der Waals surface area contributed by atoms with Crippen molar-refractivity contribution in [1.82, 2.24) is 4.90 Å². The van der Waals surface area contributed by atoms with Gasteiger partial charge in [0, 0.05) is 11.2 Å². The first kappa shape index (κ1) is 12.1. The second-order valence-electron chi connectivity index (χ2n) is 5.09. The molecule has 0 N–H and O–H groups in total. The molecule has 0 spiro atoms. The first-order valence-corrected chi connectivity index (χ1v) is 7.59. The Labute approximate surface area is 111 Å². The van der Waals surface area contributed by atoms with Gasteiger partial charge in [0.1, 0.15) is 5.82 Å². The minimum absolute atomic E-state index is 0.127. The van der Waals surface area contributed by atoms with Crippen LogP contribution in [-0.2, 0) is 6.54 Å². The quantitative estimate of drug-likeness (QED) is 0.775. The van der Waals surface area contributed by atoms with E-state index in [0.717, 1.165) is 11.9 Å². The Kier molecular flexibility index (Phi) is 3.62. The van der Waals surface area contributed by atoms with Crippen molar-refractivity contribution in [3.8, 4) is 0 Å². The number of rotatable bonds is 2. The van der Waals surface area contributed by atoms with Crippen molar-refractivity contribution in [1.29, 1.82) is 0 Å². The molecule has 18 heavy (non-hydrogen) atoms. The lowest BCUT2D eigenvalue weighted by atomic mass is 10.1. The summed E-state index contributed by atoms with van der Waals surface area (Å²) in [6, 6.07) is 5.12. The van der Waals surface area contributed by atoms with Crippen LogP contribution in [0.3, 0.4) is 0 Å². The third-order valence-corrected chi connectivity index (χ3v) is 4.72. The maximum atomic E-state index is 13.3. The molecule has 3 rings (SSSR count). The molecule has 1 aromatic heterocycles. The molecule has 1 aliphatic rings. The van der Waals surface area contributed by atoms with Crippen LogP contribution in [0.15, 0.2) is 23.6 Å². The van der Waals surface area contributed by atoms with Crippen LogP contribution < -0.4 is 0 Å². The van der Waals surface area contributed by atoms with Crippen LogP contribution in [0.4, 0.5) is 4.39 Å². The van der Waals surface area contributed by atoms with Crippen molar-refractivity contribution in [2.45, 2.75) is 32.2 Å². The lowest BCUT2D eigenvalue weighted by molar-refractivity contribution is 0.278. The fourth-order valence-corrected chi connectivity index (χ4v) is 3.65. The Balaban J connectivity index is 1.83. The monoisotopic (exact) mass is 263 g/mol. The van der Waals surface area contributed by atoms with Gasteiger partial charge in [-0.1, -0.05) is 12.8 Å². The summed E-state index contributed by atoms with van der Waals surface area (Å²) in [6.07, 6.45) is 5.32. The van der Waals surface area contributed by atoms with E-state index < -0.39 is 0 Å². The topological polar surface area (TPSA) is 3.24 Å². The Hall–Kier alpha value is -0.930. The summed E-state index contributed by atoms with van der Waals surface area (Å²) >= 11 is 1.72. The first-order valence-electron chi connectivity index (χ1n) is 6.71. The highest BCUT2D eigenvalue weighted by Crippen LogP contribution is 2.28. The number of hydrogen-bond donors (Lipinski definition) is 0. The van der Waals surface area contributed by atoms with Gasteiger partial charge in [0.05, 0.1) is 0 Å². The van der Waals surface area contributed by atoms with Gasteiger partial charge in [-0.05, 0) is 60.5 Å². The zero-order chi connectivity index (χ0) is 12.4. The van der Waals surface area contributed by atoms with Gasteiger partial charge >= 0.3 is 0 Å². The Morgan fingerprint density at radius 1 is 1.11 bits per heavy atom. The predicted molar refractivity (Wildman–Crippen MR) is 75.5 cm³/mol. The van der Waals surface area contributed by atoms with E-state index in [0.29, 0.717) is 0 Å². The molecule has 0 aliphatic carbocycles. The molecule has 0 saturated carbocycles. The molecule has 0 unspecified atom stereocenters. The van der Waals surface area contributed by atoms with Crippen LogP contribution in [0.25, 0.3) is 10.1 Å². The molecule has 2 heterocycles. The molecule has 1 nitrogen and oxygen atoms in total. The van der Waals surface area contributed by atoms with Crippen molar-refractivity contribution in [2.75, 3.05) is 13.1 Å². The molecular formula is C15H18FNS. The molecule has 96 valence electrons. The lowest BCUT2D eigenvalue weighted by Gasteiger charge is -2.19. The number of hydrogen-bond acceptors (Lipinski definition) is 2. The zero-order valence-corrected chi connectivity index (χ0v) is 11.3. The second-order valence-corrected chi connectivity index (χ2v) is 6.00. The maximum absolute atomic E-state index is 13.3. The Morgan fingerprint density at radius 2 is 1.89 bits per heavy atom. The van der Waals surface area contributed by atoms with Crippen LogP contribution in [0.1, 0.15) is 31.2 Å². The number of benzene rings is 1. The molecule has 0 bridgehead atoms. The standard InChI is InChI=1S/C15H18FNS/c16-13-5-6-15-14(9-13)12(11-18-15)10-17-7-3-1-2-4-8-17/h5-6,9,11H,1-4,7-8,10H2. The van der Waals surface area contributed by atoms with Gasteiger partial charge in [-0.2, -0.15) is 0 Å². The van der Waals surface area contributed by atoms with Gasteiger partial charge in [0.2, 0.25) is 0 Å². The molecule has 0 atom stereocenters. The normalized spacial score (nSPS) is 18.1. The summed E-state index contributed by atoms with van der Waals surface area (Å²) in [7, 11) is 0. The highest BCUT2D eigenvalue weighted by molar-refractivity contribution is 7.17. The van der Waals surface area contributed by atoms with Gasteiger partial charge < -0.3 is 0 Å². The molecule has 3 heteroatoms. The van der Waals surface area contributed by atoms with E-state index in [2.05, 4.69) is 10.3 Å². The van der Waals surface area contributed by atoms with Crippen molar-refractivity contribution in [3.63, 3.8) is 0 Å². The van der Waals surface area contributed by atoms with Crippen LogP contribution in [0.5, 0.6) is 0 Å². The molecule has 0 amide bonds. The summed E-state index contributed by atoms with van der Waals surface area (Å²) < 4.78 is 14.5. The smallest absolute Gasteiger partial charge is 0.123 e. The van der Waals surface area contributed by atoms with E-state index in [4.69, 9.17) is 0 Å². The predicted octanol–water partition coefficient (Wildman–Crippen LogP) is 4.42. The molecule has 1 fully saturated rings. The Bertz CT molecular complexity index is 526. The minimum atomic E-state index is -0.127. The minimum Gasteiger partial charge on any atom is -0.299 e. The molecular weight excluding hydrogens is 245 g/mol. The van der Waals surface area contributed by atoms with Crippen molar-refractivity contribution >= 4 is 21.4 Å². The number of likely N-dealkylation sites (tertiary alicyclic amines) is 1. The first-order chi connectivity index (χ1) is 8.83. The fraction of sp³-hybridized carbons (Fsp3) is 0.467. The number of nitrogens with zero attached hydrogens (tertiary/aromatic N) is 1. The largest absolute Gasteiger partial charge is 0.299 e. The van der Waals surface area contributed by atoms with Gasteiger partial charge in [-0.25, -0.2) is 4.39 Å². The van der Waals surface area contributed by atoms with Crippen LogP contribution >= 0.6 is 11.3 Å². The molecule has 2 aromatic rings. The highest BCUT2D eigenvalue weighted by atomic mass is 32.1. The molecule has 1 saturated heterocycles. The Morgan fingerprint density at radius 3 is 2.67 bits per heavy atom. The summed E-state index contributed by atoms with van der Waals surface area (Å²) in [5.74, 6) is -0.127. The number of thiophene rings is 1. The number of fused-ring (bicyclic) bond motifs is 1. The van der Waals surface area contributed by atoms with E-state index in [9.17, 15) is 4.39 Å². The van der Waals surface area contributed by atoms with Crippen LogP contribution in [0, 0.1) is 5.82 Å².